The van der Waals surface area contributed by atoms with E-state index in [1.807, 2.05) is 31.3 Å². The van der Waals surface area contributed by atoms with Crippen LogP contribution in [0, 0.1) is 5.82 Å². The molecule has 0 aromatic heterocycles. The Morgan fingerprint density at radius 2 is 1.85 bits per heavy atom. The SMILES string of the molecule is CCC(NC)c1ccccc1Oc1cccc(Cl)c1F. The van der Waals surface area contributed by atoms with E-state index in [1.165, 1.54) is 6.07 Å². The fraction of sp³-hybridized carbons (Fsp3) is 0.250. The molecule has 1 N–H and O–H groups in total. The summed E-state index contributed by atoms with van der Waals surface area (Å²) in [7, 11) is 1.89. The van der Waals surface area contributed by atoms with E-state index in [-0.39, 0.29) is 16.8 Å². The van der Waals surface area contributed by atoms with Crippen molar-refractivity contribution in [3.05, 3.63) is 58.9 Å². The smallest absolute Gasteiger partial charge is 0.184 e. The Hall–Kier alpha value is -1.58. The molecule has 1 atom stereocenters. The van der Waals surface area contributed by atoms with Crippen molar-refractivity contribution in [1.29, 1.82) is 0 Å². The zero-order valence-corrected chi connectivity index (χ0v) is 12.2. The molecular weight excluding hydrogens is 277 g/mol. The van der Waals surface area contributed by atoms with Gasteiger partial charge in [-0.05, 0) is 31.7 Å². The van der Waals surface area contributed by atoms with Crippen molar-refractivity contribution in [3.63, 3.8) is 0 Å². The van der Waals surface area contributed by atoms with Gasteiger partial charge >= 0.3 is 0 Å². The van der Waals surface area contributed by atoms with Crippen LogP contribution < -0.4 is 10.1 Å². The van der Waals surface area contributed by atoms with Crippen molar-refractivity contribution in [1.82, 2.24) is 5.32 Å². The van der Waals surface area contributed by atoms with Gasteiger partial charge in [-0.25, -0.2) is 4.39 Å². The van der Waals surface area contributed by atoms with Crippen LogP contribution in [0.3, 0.4) is 0 Å². The lowest BCUT2D eigenvalue weighted by Crippen LogP contribution is -2.15. The van der Waals surface area contributed by atoms with Crippen LogP contribution in [0.2, 0.25) is 5.02 Å². The summed E-state index contributed by atoms with van der Waals surface area (Å²) in [6.45, 7) is 2.08. The van der Waals surface area contributed by atoms with Crippen LogP contribution in [0.15, 0.2) is 42.5 Å². The van der Waals surface area contributed by atoms with E-state index < -0.39 is 5.82 Å². The standard InChI is InChI=1S/C16H17ClFNO/c1-3-13(19-2)11-7-4-5-9-14(11)20-15-10-6-8-12(17)16(15)18/h4-10,13,19H,3H2,1-2H3. The second-order valence-electron chi connectivity index (χ2n) is 4.44. The third-order valence-corrected chi connectivity index (χ3v) is 3.48. The number of halogens is 2. The lowest BCUT2D eigenvalue weighted by Gasteiger charge is -2.18. The van der Waals surface area contributed by atoms with Crippen molar-refractivity contribution >= 4 is 11.6 Å². The summed E-state index contributed by atoms with van der Waals surface area (Å²) in [5, 5.41) is 3.28. The molecule has 0 aliphatic heterocycles. The molecule has 0 bridgehead atoms. The van der Waals surface area contributed by atoms with Gasteiger partial charge in [0.25, 0.3) is 0 Å². The Morgan fingerprint density at radius 1 is 1.15 bits per heavy atom. The number of nitrogens with one attached hydrogen (secondary N) is 1. The molecule has 1 unspecified atom stereocenters. The Kier molecular flexibility index (Phi) is 4.99. The minimum atomic E-state index is -0.540. The summed E-state index contributed by atoms with van der Waals surface area (Å²) in [5.41, 5.74) is 0.997. The van der Waals surface area contributed by atoms with Crippen LogP contribution in [0.1, 0.15) is 24.9 Å². The number of para-hydroxylation sites is 1. The van der Waals surface area contributed by atoms with Gasteiger partial charge in [-0.3, -0.25) is 0 Å². The number of hydrogen-bond donors (Lipinski definition) is 1. The molecule has 0 heterocycles. The van der Waals surface area contributed by atoms with E-state index in [9.17, 15) is 4.39 Å². The van der Waals surface area contributed by atoms with Gasteiger partial charge in [0.05, 0.1) is 5.02 Å². The highest BCUT2D eigenvalue weighted by Gasteiger charge is 2.15. The summed E-state index contributed by atoms with van der Waals surface area (Å²) in [6, 6.07) is 12.5. The van der Waals surface area contributed by atoms with Crippen LogP contribution in [0.25, 0.3) is 0 Å². The summed E-state index contributed by atoms with van der Waals surface area (Å²) in [4.78, 5) is 0. The quantitative estimate of drug-likeness (QED) is 0.843. The fourth-order valence-electron chi connectivity index (χ4n) is 2.12. The van der Waals surface area contributed by atoms with Gasteiger partial charge in [0, 0.05) is 11.6 Å². The van der Waals surface area contributed by atoms with Gasteiger partial charge in [-0.2, -0.15) is 0 Å². The van der Waals surface area contributed by atoms with Gasteiger partial charge in [0.15, 0.2) is 11.6 Å². The summed E-state index contributed by atoms with van der Waals surface area (Å²) in [6.07, 6.45) is 0.912. The Bertz CT molecular complexity index is 584. The first kappa shape index (κ1) is 14.8. The Labute approximate surface area is 123 Å². The third kappa shape index (κ3) is 3.11. The molecule has 2 aromatic carbocycles. The topological polar surface area (TPSA) is 21.3 Å². The predicted molar refractivity (Wildman–Crippen MR) is 80.0 cm³/mol. The number of benzene rings is 2. The normalized spacial score (nSPS) is 12.2. The monoisotopic (exact) mass is 293 g/mol. The summed E-state index contributed by atoms with van der Waals surface area (Å²) < 4.78 is 19.6. The lowest BCUT2D eigenvalue weighted by molar-refractivity contribution is 0.428. The van der Waals surface area contributed by atoms with Gasteiger partial charge in [-0.1, -0.05) is 42.8 Å². The fourth-order valence-corrected chi connectivity index (χ4v) is 2.29. The largest absolute Gasteiger partial charge is 0.454 e. The summed E-state index contributed by atoms with van der Waals surface area (Å²) >= 11 is 5.77. The maximum atomic E-state index is 13.9. The molecule has 2 nitrogen and oxygen atoms in total. The predicted octanol–water partition coefficient (Wildman–Crippen LogP) is 4.94. The van der Waals surface area contributed by atoms with E-state index >= 15 is 0 Å². The Morgan fingerprint density at radius 3 is 2.55 bits per heavy atom. The molecule has 20 heavy (non-hydrogen) atoms. The molecule has 2 rings (SSSR count). The zero-order valence-electron chi connectivity index (χ0n) is 11.5. The highest BCUT2D eigenvalue weighted by atomic mass is 35.5. The highest BCUT2D eigenvalue weighted by molar-refractivity contribution is 6.30. The Balaban J connectivity index is 2.36. The molecule has 106 valence electrons. The third-order valence-electron chi connectivity index (χ3n) is 3.19. The molecule has 0 saturated carbocycles. The average molecular weight is 294 g/mol. The van der Waals surface area contributed by atoms with Gasteiger partial charge in [0.2, 0.25) is 0 Å². The van der Waals surface area contributed by atoms with Crippen molar-refractivity contribution in [3.8, 4) is 11.5 Å². The molecule has 0 saturated heterocycles. The molecule has 0 radical (unpaired) electrons. The van der Waals surface area contributed by atoms with E-state index in [2.05, 4.69) is 12.2 Å². The van der Waals surface area contributed by atoms with E-state index in [1.54, 1.807) is 12.1 Å². The van der Waals surface area contributed by atoms with Crippen molar-refractivity contribution < 1.29 is 9.13 Å². The minimum absolute atomic E-state index is 0.0561. The van der Waals surface area contributed by atoms with Crippen molar-refractivity contribution in [2.24, 2.45) is 0 Å². The van der Waals surface area contributed by atoms with E-state index in [4.69, 9.17) is 16.3 Å². The first-order valence-electron chi connectivity index (χ1n) is 6.55. The van der Waals surface area contributed by atoms with Crippen LogP contribution in [-0.2, 0) is 0 Å². The number of hydrogen-bond acceptors (Lipinski definition) is 2. The van der Waals surface area contributed by atoms with Crippen LogP contribution >= 0.6 is 11.6 Å². The second kappa shape index (κ2) is 6.73. The zero-order chi connectivity index (χ0) is 14.5. The number of ether oxygens (including phenoxy) is 1. The lowest BCUT2D eigenvalue weighted by atomic mass is 10.0. The minimum Gasteiger partial charge on any atom is -0.454 e. The highest BCUT2D eigenvalue weighted by Crippen LogP contribution is 2.33. The second-order valence-corrected chi connectivity index (χ2v) is 4.85. The maximum Gasteiger partial charge on any atom is 0.184 e. The first-order valence-corrected chi connectivity index (χ1v) is 6.93. The van der Waals surface area contributed by atoms with E-state index in [0.29, 0.717) is 5.75 Å². The number of rotatable bonds is 5. The average Bonchev–Trinajstić information content (AvgIpc) is 2.47. The van der Waals surface area contributed by atoms with Gasteiger partial charge < -0.3 is 10.1 Å². The van der Waals surface area contributed by atoms with E-state index in [0.717, 1.165) is 12.0 Å². The molecule has 0 fully saturated rings. The van der Waals surface area contributed by atoms with Crippen LogP contribution in [0.4, 0.5) is 4.39 Å². The first-order chi connectivity index (χ1) is 9.67. The molecule has 2 aromatic rings. The van der Waals surface area contributed by atoms with Crippen LogP contribution in [0.5, 0.6) is 11.5 Å². The van der Waals surface area contributed by atoms with Crippen molar-refractivity contribution in [2.75, 3.05) is 7.05 Å². The maximum absolute atomic E-state index is 13.9. The van der Waals surface area contributed by atoms with Crippen molar-refractivity contribution in [2.45, 2.75) is 19.4 Å². The molecular formula is C16H17ClFNO. The van der Waals surface area contributed by atoms with Crippen LogP contribution in [-0.4, -0.2) is 7.05 Å². The molecule has 0 aliphatic rings. The molecule has 0 spiro atoms. The van der Waals surface area contributed by atoms with Gasteiger partial charge in [0.1, 0.15) is 5.75 Å². The van der Waals surface area contributed by atoms with Gasteiger partial charge in [-0.15, -0.1) is 0 Å². The molecule has 0 amide bonds. The summed E-state index contributed by atoms with van der Waals surface area (Å²) in [5.74, 6) is 0.229. The molecule has 0 aliphatic carbocycles. The molecule has 4 heteroatoms.